The molecule has 1 saturated heterocycles. The highest BCUT2D eigenvalue weighted by atomic mass is 32.2. The highest BCUT2D eigenvalue weighted by Gasteiger charge is 2.27. The van der Waals surface area contributed by atoms with Gasteiger partial charge in [-0.05, 0) is 48.4 Å². The quantitative estimate of drug-likeness (QED) is 0.139. The monoisotopic (exact) mass is 810 g/mol. The average Bonchev–Trinajstić information content (AvgIpc) is 3.58. The SMILES string of the molecule is COc1cc(N2CCN(CCS(C)(=O)=O)CC2)c(C)cc1Nc1nccc(-c2sc(C(C)(C)C)nc2-c2cccc(CS(=O)(=O)c3c(F)cccc3F)c2)n1. The van der Waals surface area contributed by atoms with E-state index in [0.717, 1.165) is 65.5 Å². The minimum atomic E-state index is -4.35. The summed E-state index contributed by atoms with van der Waals surface area (Å²) in [4.78, 5) is 18.6. The second kappa shape index (κ2) is 15.9. The van der Waals surface area contributed by atoms with Gasteiger partial charge in [-0.25, -0.2) is 40.6 Å². The van der Waals surface area contributed by atoms with Crippen LogP contribution in [0.25, 0.3) is 21.8 Å². The zero-order valence-corrected chi connectivity index (χ0v) is 34.0. The summed E-state index contributed by atoms with van der Waals surface area (Å²) in [5.41, 5.74) is 4.55. The van der Waals surface area contributed by atoms with Crippen LogP contribution in [-0.2, 0) is 30.8 Å². The van der Waals surface area contributed by atoms with E-state index >= 15 is 0 Å². The molecular formula is C39H44F2N6O5S3. The lowest BCUT2D eigenvalue weighted by molar-refractivity contribution is 0.272. The van der Waals surface area contributed by atoms with Gasteiger partial charge >= 0.3 is 0 Å². The molecule has 1 N–H and O–H groups in total. The van der Waals surface area contributed by atoms with Crippen molar-refractivity contribution in [3.8, 4) is 27.6 Å². The number of ether oxygens (including phenoxy) is 1. The molecule has 0 unspecified atom stereocenters. The van der Waals surface area contributed by atoms with Crippen molar-refractivity contribution in [1.29, 1.82) is 0 Å². The first-order chi connectivity index (χ1) is 25.9. The Labute approximate surface area is 325 Å². The molecule has 5 aromatic rings. The second-order valence-corrected chi connectivity index (χ2v) is 19.8. The van der Waals surface area contributed by atoms with Crippen molar-refractivity contribution in [2.24, 2.45) is 0 Å². The topological polar surface area (TPSA) is 135 Å². The van der Waals surface area contributed by atoms with Crippen molar-refractivity contribution in [3.05, 3.63) is 94.6 Å². The fourth-order valence-corrected chi connectivity index (χ4v) is 9.55. The Balaban J connectivity index is 1.27. The van der Waals surface area contributed by atoms with Gasteiger partial charge in [0.25, 0.3) is 0 Å². The number of aromatic nitrogens is 3. The van der Waals surface area contributed by atoms with E-state index in [0.29, 0.717) is 46.4 Å². The van der Waals surface area contributed by atoms with Gasteiger partial charge in [-0.15, -0.1) is 11.3 Å². The number of piperazine rings is 1. The van der Waals surface area contributed by atoms with Crippen LogP contribution in [-0.4, -0.2) is 88.5 Å². The Morgan fingerprint density at radius 2 is 1.62 bits per heavy atom. The summed E-state index contributed by atoms with van der Waals surface area (Å²) >= 11 is 1.47. The van der Waals surface area contributed by atoms with E-state index in [1.807, 2.05) is 25.1 Å². The molecule has 2 aromatic heterocycles. The van der Waals surface area contributed by atoms with E-state index in [4.69, 9.17) is 14.7 Å². The van der Waals surface area contributed by atoms with Gasteiger partial charge < -0.3 is 15.0 Å². The third-order valence-corrected chi connectivity index (χ3v) is 13.4. The van der Waals surface area contributed by atoms with Crippen LogP contribution in [0.5, 0.6) is 5.75 Å². The largest absolute Gasteiger partial charge is 0.494 e. The molecule has 0 radical (unpaired) electrons. The van der Waals surface area contributed by atoms with Gasteiger partial charge in [-0.1, -0.05) is 45.0 Å². The van der Waals surface area contributed by atoms with Gasteiger partial charge in [0.2, 0.25) is 5.95 Å². The number of methoxy groups -OCH3 is 1. The summed E-state index contributed by atoms with van der Waals surface area (Å²) in [6.07, 6.45) is 2.91. The summed E-state index contributed by atoms with van der Waals surface area (Å²) in [6, 6.07) is 15.5. The summed E-state index contributed by atoms with van der Waals surface area (Å²) < 4.78 is 84.4. The lowest BCUT2D eigenvalue weighted by atomic mass is 9.98. The molecule has 55 heavy (non-hydrogen) atoms. The lowest BCUT2D eigenvalue weighted by Gasteiger charge is -2.37. The summed E-state index contributed by atoms with van der Waals surface area (Å²) in [5.74, 6) is -1.80. The molecule has 292 valence electrons. The second-order valence-electron chi connectivity index (χ2n) is 14.6. The Morgan fingerprint density at radius 1 is 0.927 bits per heavy atom. The van der Waals surface area contributed by atoms with Gasteiger partial charge in [0, 0.05) is 67.9 Å². The van der Waals surface area contributed by atoms with Crippen LogP contribution in [0.1, 0.15) is 36.9 Å². The van der Waals surface area contributed by atoms with Crippen molar-refractivity contribution in [2.45, 2.75) is 43.8 Å². The van der Waals surface area contributed by atoms with Gasteiger partial charge in [0.1, 0.15) is 32.1 Å². The fourth-order valence-electron chi connectivity index (χ4n) is 6.35. The number of nitrogens with one attached hydrogen (secondary N) is 1. The molecule has 0 atom stereocenters. The van der Waals surface area contributed by atoms with Gasteiger partial charge in [0.05, 0.1) is 45.6 Å². The normalized spacial score (nSPS) is 14.3. The van der Waals surface area contributed by atoms with Crippen molar-refractivity contribution < 1.29 is 30.4 Å². The van der Waals surface area contributed by atoms with Crippen LogP contribution in [0.3, 0.4) is 0 Å². The number of halogens is 2. The first kappa shape index (κ1) is 40.2. The molecule has 1 aliphatic rings. The predicted octanol–water partition coefficient (Wildman–Crippen LogP) is 7.04. The van der Waals surface area contributed by atoms with Crippen LogP contribution in [0.4, 0.5) is 26.1 Å². The molecule has 3 heterocycles. The molecule has 0 saturated carbocycles. The van der Waals surface area contributed by atoms with Crippen LogP contribution >= 0.6 is 11.3 Å². The number of aryl methyl sites for hydroxylation is 1. The number of hydrogen-bond donors (Lipinski definition) is 1. The lowest BCUT2D eigenvalue weighted by Crippen LogP contribution is -2.47. The number of benzene rings is 3. The minimum absolute atomic E-state index is 0.146. The maximum atomic E-state index is 14.5. The van der Waals surface area contributed by atoms with Crippen LogP contribution < -0.4 is 15.0 Å². The Bertz CT molecular complexity index is 2410. The molecule has 1 aliphatic heterocycles. The number of anilines is 3. The molecule has 0 amide bonds. The van der Waals surface area contributed by atoms with Gasteiger partial charge in [0.15, 0.2) is 9.84 Å². The predicted molar refractivity (Wildman–Crippen MR) is 214 cm³/mol. The zero-order valence-electron chi connectivity index (χ0n) is 31.6. The summed E-state index contributed by atoms with van der Waals surface area (Å²) in [7, 11) is -5.77. The fraction of sp³-hybridized carbons (Fsp3) is 0.359. The zero-order chi connectivity index (χ0) is 39.7. The Hall–Kier alpha value is -4.51. The summed E-state index contributed by atoms with van der Waals surface area (Å²) in [5, 5.41) is 4.16. The molecular weight excluding hydrogens is 767 g/mol. The molecule has 16 heteroatoms. The first-order valence-corrected chi connectivity index (χ1v) is 22.2. The van der Waals surface area contributed by atoms with Crippen molar-refractivity contribution in [1.82, 2.24) is 19.9 Å². The van der Waals surface area contributed by atoms with E-state index in [9.17, 15) is 25.6 Å². The highest BCUT2D eigenvalue weighted by molar-refractivity contribution is 7.91. The summed E-state index contributed by atoms with van der Waals surface area (Å²) in [6.45, 7) is 11.7. The van der Waals surface area contributed by atoms with Crippen LogP contribution in [0.2, 0.25) is 0 Å². The van der Waals surface area contributed by atoms with E-state index in [2.05, 4.69) is 40.9 Å². The van der Waals surface area contributed by atoms with Crippen LogP contribution in [0.15, 0.2) is 71.8 Å². The van der Waals surface area contributed by atoms with E-state index in [1.165, 1.54) is 17.6 Å². The molecule has 11 nitrogen and oxygen atoms in total. The molecule has 3 aromatic carbocycles. The number of hydrogen-bond acceptors (Lipinski definition) is 12. The number of nitrogens with zero attached hydrogens (tertiary/aromatic N) is 5. The van der Waals surface area contributed by atoms with Crippen molar-refractivity contribution in [3.63, 3.8) is 0 Å². The maximum absolute atomic E-state index is 14.5. The third kappa shape index (κ3) is 9.48. The average molecular weight is 811 g/mol. The minimum Gasteiger partial charge on any atom is -0.494 e. The first-order valence-electron chi connectivity index (χ1n) is 17.6. The number of thiazole rings is 1. The third-order valence-electron chi connectivity index (χ3n) is 9.20. The van der Waals surface area contributed by atoms with Crippen molar-refractivity contribution in [2.75, 3.05) is 62.1 Å². The van der Waals surface area contributed by atoms with Crippen molar-refractivity contribution >= 4 is 48.3 Å². The molecule has 1 fully saturated rings. The number of rotatable bonds is 12. The highest BCUT2D eigenvalue weighted by Crippen LogP contribution is 2.41. The van der Waals surface area contributed by atoms with Gasteiger partial charge in [-0.2, -0.15) is 0 Å². The van der Waals surface area contributed by atoms with E-state index in [-0.39, 0.29) is 11.2 Å². The molecule has 0 spiro atoms. The molecule has 0 bridgehead atoms. The maximum Gasteiger partial charge on any atom is 0.227 e. The molecule has 6 rings (SSSR count). The Morgan fingerprint density at radius 3 is 2.27 bits per heavy atom. The van der Waals surface area contributed by atoms with E-state index < -0.39 is 42.0 Å². The molecule has 0 aliphatic carbocycles. The smallest absolute Gasteiger partial charge is 0.227 e. The van der Waals surface area contributed by atoms with Crippen LogP contribution in [0, 0.1) is 18.6 Å². The van der Waals surface area contributed by atoms with E-state index in [1.54, 1.807) is 37.6 Å². The number of sulfone groups is 2. The van der Waals surface area contributed by atoms with Gasteiger partial charge in [-0.3, -0.25) is 4.90 Å². The standard InChI is InChI=1S/C39H44F2N6O5S3/c1-25-21-31(33(52-5)23-32(25)47-17-15-46(16-18-47)19-20-54(6,48)49)44-38-42-14-13-30(43-38)35-34(45-37(53-35)39(2,3)4)27-10-7-9-26(22-27)24-55(50,51)36-28(40)11-8-12-29(36)41/h7-14,21-23H,15-20,24H2,1-6H3,(H,42,43,44). The Kier molecular flexibility index (Phi) is 11.6.